The monoisotopic (exact) mass is 195 g/mol. The Hall–Kier alpha value is -1.38. The third-order valence-corrected chi connectivity index (χ3v) is 2.09. The maximum atomic E-state index is 13.3. The minimum Gasteiger partial charge on any atom is -0.345 e. The van der Waals surface area contributed by atoms with Crippen LogP contribution in [0.25, 0.3) is 0 Å². The van der Waals surface area contributed by atoms with E-state index in [4.69, 9.17) is 0 Å². The maximum Gasteiger partial charge on any atom is 0.253 e. The molecule has 76 valence electrons. The van der Waals surface area contributed by atoms with Crippen molar-refractivity contribution in [1.82, 2.24) is 4.90 Å². The smallest absolute Gasteiger partial charge is 0.253 e. The summed E-state index contributed by atoms with van der Waals surface area (Å²) in [4.78, 5) is 13.0. The largest absolute Gasteiger partial charge is 0.345 e. The predicted octanol–water partition coefficient (Wildman–Crippen LogP) is 2.14. The van der Waals surface area contributed by atoms with Crippen molar-refractivity contribution in [3.05, 3.63) is 34.6 Å². The molecule has 0 aromatic heterocycles. The molecule has 1 amide bonds. The summed E-state index contributed by atoms with van der Waals surface area (Å²) in [5, 5.41) is 0. The van der Waals surface area contributed by atoms with Crippen molar-refractivity contribution in [3.8, 4) is 0 Å². The van der Waals surface area contributed by atoms with Gasteiger partial charge in [0.1, 0.15) is 5.82 Å². The zero-order valence-corrected chi connectivity index (χ0v) is 8.89. The SMILES string of the molecule is Cc1cc(C(=O)N(C)C)cc(C)c1F. The number of hydrogen-bond donors (Lipinski definition) is 0. The van der Waals surface area contributed by atoms with Gasteiger partial charge in [-0.15, -0.1) is 0 Å². The van der Waals surface area contributed by atoms with Gasteiger partial charge in [-0.3, -0.25) is 4.79 Å². The fourth-order valence-electron chi connectivity index (χ4n) is 1.33. The van der Waals surface area contributed by atoms with Gasteiger partial charge in [-0.05, 0) is 37.1 Å². The van der Waals surface area contributed by atoms with Crippen molar-refractivity contribution < 1.29 is 9.18 Å². The second kappa shape index (κ2) is 3.78. The number of halogens is 1. The van der Waals surface area contributed by atoms with E-state index in [1.54, 1.807) is 40.1 Å². The third-order valence-electron chi connectivity index (χ3n) is 2.09. The average molecular weight is 195 g/mol. The van der Waals surface area contributed by atoms with Crippen molar-refractivity contribution in [2.75, 3.05) is 14.1 Å². The van der Waals surface area contributed by atoms with Crippen LogP contribution in [0, 0.1) is 19.7 Å². The maximum absolute atomic E-state index is 13.3. The normalized spacial score (nSPS) is 10.1. The minimum absolute atomic E-state index is 0.101. The molecule has 0 spiro atoms. The number of rotatable bonds is 1. The van der Waals surface area contributed by atoms with E-state index in [0.29, 0.717) is 16.7 Å². The third kappa shape index (κ3) is 1.92. The Morgan fingerprint density at radius 2 is 1.64 bits per heavy atom. The Kier molecular flexibility index (Phi) is 2.89. The molecule has 0 aliphatic rings. The summed E-state index contributed by atoms with van der Waals surface area (Å²) >= 11 is 0. The second-order valence-corrected chi connectivity index (χ2v) is 3.62. The molecule has 14 heavy (non-hydrogen) atoms. The Bertz CT molecular complexity index is 349. The first-order valence-corrected chi connectivity index (χ1v) is 4.42. The van der Waals surface area contributed by atoms with E-state index in [9.17, 15) is 9.18 Å². The summed E-state index contributed by atoms with van der Waals surface area (Å²) in [7, 11) is 3.35. The summed E-state index contributed by atoms with van der Waals surface area (Å²) in [6, 6.07) is 3.15. The summed E-state index contributed by atoms with van der Waals surface area (Å²) in [5.41, 5.74) is 1.55. The molecule has 1 aromatic rings. The molecular formula is C11H14FNO. The molecule has 1 rings (SSSR count). The molecule has 0 bridgehead atoms. The summed E-state index contributed by atoms with van der Waals surface area (Å²) in [5.74, 6) is -0.337. The van der Waals surface area contributed by atoms with Crippen molar-refractivity contribution >= 4 is 5.91 Å². The van der Waals surface area contributed by atoms with Crippen LogP contribution >= 0.6 is 0 Å². The van der Waals surface area contributed by atoms with Gasteiger partial charge in [0.2, 0.25) is 0 Å². The van der Waals surface area contributed by atoms with Crippen LogP contribution in [-0.4, -0.2) is 24.9 Å². The van der Waals surface area contributed by atoms with Gasteiger partial charge in [0.15, 0.2) is 0 Å². The van der Waals surface area contributed by atoms with Gasteiger partial charge in [-0.1, -0.05) is 0 Å². The number of amides is 1. The quantitative estimate of drug-likeness (QED) is 0.672. The standard InChI is InChI=1S/C11H14FNO/c1-7-5-9(11(14)13(3)4)6-8(2)10(7)12/h5-6H,1-4H3. The number of hydrogen-bond acceptors (Lipinski definition) is 1. The second-order valence-electron chi connectivity index (χ2n) is 3.62. The molecule has 0 N–H and O–H groups in total. The van der Waals surface area contributed by atoms with E-state index in [1.807, 2.05) is 0 Å². The van der Waals surface area contributed by atoms with Crippen LogP contribution < -0.4 is 0 Å². The van der Waals surface area contributed by atoms with Crippen LogP contribution in [0.3, 0.4) is 0 Å². The number of benzene rings is 1. The van der Waals surface area contributed by atoms with Crippen molar-refractivity contribution in [3.63, 3.8) is 0 Å². The molecule has 0 saturated heterocycles. The molecule has 0 atom stereocenters. The number of carbonyl (C=O) groups is 1. The summed E-state index contributed by atoms with van der Waals surface area (Å²) < 4.78 is 13.3. The van der Waals surface area contributed by atoms with Crippen LogP contribution in [0.4, 0.5) is 4.39 Å². The highest BCUT2D eigenvalue weighted by Crippen LogP contribution is 2.15. The van der Waals surface area contributed by atoms with E-state index in [1.165, 1.54) is 4.90 Å². The van der Waals surface area contributed by atoms with E-state index >= 15 is 0 Å². The highest BCUT2D eigenvalue weighted by molar-refractivity contribution is 5.94. The molecule has 1 aromatic carbocycles. The van der Waals surface area contributed by atoms with Crippen LogP contribution in [0.5, 0.6) is 0 Å². The van der Waals surface area contributed by atoms with E-state index in [0.717, 1.165) is 0 Å². The van der Waals surface area contributed by atoms with Crippen LogP contribution in [-0.2, 0) is 0 Å². The zero-order valence-electron chi connectivity index (χ0n) is 8.89. The highest BCUT2D eigenvalue weighted by atomic mass is 19.1. The molecule has 2 nitrogen and oxygen atoms in total. The molecular weight excluding hydrogens is 181 g/mol. The molecule has 0 unspecified atom stereocenters. The van der Waals surface area contributed by atoms with Gasteiger partial charge in [0.05, 0.1) is 0 Å². The summed E-state index contributed by atoms with van der Waals surface area (Å²) in [6.07, 6.45) is 0. The Morgan fingerprint density at radius 3 is 2.00 bits per heavy atom. The number of nitrogens with zero attached hydrogens (tertiary/aromatic N) is 1. The van der Waals surface area contributed by atoms with Crippen molar-refractivity contribution in [2.24, 2.45) is 0 Å². The Balaban J connectivity index is 3.19. The highest BCUT2D eigenvalue weighted by Gasteiger charge is 2.11. The molecule has 0 aliphatic heterocycles. The van der Waals surface area contributed by atoms with Gasteiger partial charge >= 0.3 is 0 Å². The van der Waals surface area contributed by atoms with Gasteiger partial charge in [-0.2, -0.15) is 0 Å². The molecule has 0 aliphatic carbocycles. The first kappa shape index (κ1) is 10.7. The zero-order chi connectivity index (χ0) is 10.9. The number of carbonyl (C=O) groups excluding carboxylic acids is 1. The van der Waals surface area contributed by atoms with Crippen LogP contribution in [0.1, 0.15) is 21.5 Å². The molecule has 0 radical (unpaired) electrons. The Morgan fingerprint density at radius 1 is 1.21 bits per heavy atom. The lowest BCUT2D eigenvalue weighted by molar-refractivity contribution is 0.0827. The molecule has 0 saturated carbocycles. The predicted molar refractivity (Wildman–Crippen MR) is 53.9 cm³/mol. The molecule has 0 fully saturated rings. The lowest BCUT2D eigenvalue weighted by Crippen LogP contribution is -2.22. The van der Waals surface area contributed by atoms with Gasteiger partial charge in [0.25, 0.3) is 5.91 Å². The fourth-order valence-corrected chi connectivity index (χ4v) is 1.33. The molecule has 0 heterocycles. The number of aryl methyl sites for hydroxylation is 2. The van der Waals surface area contributed by atoms with Crippen molar-refractivity contribution in [2.45, 2.75) is 13.8 Å². The minimum atomic E-state index is -0.236. The average Bonchev–Trinajstić information content (AvgIpc) is 2.12. The topological polar surface area (TPSA) is 20.3 Å². The van der Waals surface area contributed by atoms with Crippen molar-refractivity contribution in [1.29, 1.82) is 0 Å². The van der Waals surface area contributed by atoms with Crippen LogP contribution in [0.15, 0.2) is 12.1 Å². The Labute approximate surface area is 83.3 Å². The van der Waals surface area contributed by atoms with Crippen LogP contribution in [0.2, 0.25) is 0 Å². The first-order chi connectivity index (χ1) is 6.43. The van der Waals surface area contributed by atoms with Gasteiger partial charge in [0, 0.05) is 19.7 Å². The summed E-state index contributed by atoms with van der Waals surface area (Å²) in [6.45, 7) is 3.32. The first-order valence-electron chi connectivity index (χ1n) is 4.42. The lowest BCUT2D eigenvalue weighted by atomic mass is 10.1. The van der Waals surface area contributed by atoms with E-state index < -0.39 is 0 Å². The van der Waals surface area contributed by atoms with E-state index in [-0.39, 0.29) is 11.7 Å². The van der Waals surface area contributed by atoms with E-state index in [2.05, 4.69) is 0 Å². The lowest BCUT2D eigenvalue weighted by Gasteiger charge is -2.11. The fraction of sp³-hybridized carbons (Fsp3) is 0.364. The van der Waals surface area contributed by atoms with Gasteiger partial charge < -0.3 is 4.90 Å². The molecule has 3 heteroatoms. The van der Waals surface area contributed by atoms with Gasteiger partial charge in [-0.25, -0.2) is 4.39 Å².